The number of carbonyl (C=O) groups excluding carboxylic acids is 8. The molecule has 4 spiro atoms. The molecule has 0 bridgehead atoms. The third-order valence-corrected chi connectivity index (χ3v) is 35.5. The second-order valence-electron chi connectivity index (χ2n) is 41.7. The van der Waals surface area contributed by atoms with Gasteiger partial charge < -0.3 is 52.8 Å². The van der Waals surface area contributed by atoms with E-state index in [0.29, 0.717) is 54.2 Å². The van der Waals surface area contributed by atoms with Crippen LogP contribution in [0.2, 0.25) is 0 Å². The molecule has 33 heteroatoms. The standard InChI is InChI=1S/C31H37N5O2S.C29H34FN5O3S.C29H29N5O2S.C24H22N4O2S/c1-7-23-10-12-26(39-23)28(38)34-29-33-24-15-21(18-32-20(3)30(4,5)6)9-11-25(24)36(29)22-16-31(17-22)13-14-35(19-31)27(37)8-2;1-3-26(36)34-9-8-29(18-34)15-21(16-29)35-23-5-4-20(17-33-10-12-38-13-11-33)14-22(23)31-28(35)32-27(37)25-7-6-24(39-25)19(2)30;1-4-26(35)33-14-13-29(18-33)15-21(16-29)34-23-8-6-5-7-22(23)30-28(34)31-27(36)25-12-11-24(37-25)20-10-9-19(2)32(3)17-20;1-3-17-9-10-20(31-17)22(30)26-23-25-18-7-5-6-8-19(18)28(23)16-13-24(14-16)11-12-27(15-24)21(29)4-2/h1,8-12,15,20,22,32H,2,13-14,16-19H2,3-6H3,(H,33,34,38);3-7,14,19,21H,1,8-13,15-18H2,2H3,(H,31,32,37);4-12,17,21H,1-2,13-16,18H2,3H3,(H,30,31,36);1,4-10,16H,2,11-15H2,(H,25,26,30)/t20-,22?,31?;;;/m0.../s1. The molecule has 8 amide bonds. The van der Waals surface area contributed by atoms with E-state index in [-0.39, 0.29) is 98.5 Å². The quantitative estimate of drug-likeness (QED) is 0.0294. The van der Waals surface area contributed by atoms with Crippen molar-refractivity contribution in [1.29, 1.82) is 0 Å². The summed E-state index contributed by atoms with van der Waals surface area (Å²) in [4.78, 5) is 137. The molecule has 4 aromatic carbocycles. The lowest BCUT2D eigenvalue weighted by Gasteiger charge is -2.46. The molecular weight excluding hydrogens is 1910 g/mol. The number of terminal acetylenes is 2. The lowest BCUT2D eigenvalue weighted by molar-refractivity contribution is -0.126. The van der Waals surface area contributed by atoms with Crippen LogP contribution in [0.1, 0.15) is 211 Å². The molecule has 12 aromatic rings. The van der Waals surface area contributed by atoms with Gasteiger partial charge in [-0.15, -0.1) is 58.2 Å². The Morgan fingerprint density at radius 2 is 0.836 bits per heavy atom. The van der Waals surface area contributed by atoms with E-state index in [2.05, 4.69) is 165 Å². The van der Waals surface area contributed by atoms with Crippen LogP contribution < -0.4 is 26.6 Å². The van der Waals surface area contributed by atoms with Gasteiger partial charge in [0.1, 0.15) is 6.17 Å². The van der Waals surface area contributed by atoms with Gasteiger partial charge in [-0.2, -0.15) is 0 Å². The number of benzene rings is 4. The first-order chi connectivity index (χ1) is 70.2. The molecule has 10 aliphatic rings. The van der Waals surface area contributed by atoms with Crippen molar-refractivity contribution in [3.63, 3.8) is 0 Å². The molecule has 0 radical (unpaired) electrons. The summed E-state index contributed by atoms with van der Waals surface area (Å²) in [6, 6.07) is 44.0. The van der Waals surface area contributed by atoms with Crippen LogP contribution >= 0.6 is 45.3 Å². The van der Waals surface area contributed by atoms with Crippen LogP contribution in [-0.2, 0) is 37.0 Å². The van der Waals surface area contributed by atoms with Crippen LogP contribution in [0.3, 0.4) is 0 Å². The summed E-state index contributed by atoms with van der Waals surface area (Å²) in [5.41, 5.74) is 12.4. The number of aromatic nitrogens is 8. The molecule has 5 N–H and O–H groups in total. The summed E-state index contributed by atoms with van der Waals surface area (Å²) in [5.74, 6) is 6.48. The highest BCUT2D eigenvalue weighted by atomic mass is 32.1. The van der Waals surface area contributed by atoms with Crippen LogP contribution in [0.25, 0.3) is 49.7 Å². The largest absolute Gasteiger partial charge is 0.379 e. The van der Waals surface area contributed by atoms with Crippen molar-refractivity contribution in [3.05, 3.63) is 265 Å². The van der Waals surface area contributed by atoms with E-state index in [1.807, 2.05) is 104 Å². The van der Waals surface area contributed by atoms with Crippen molar-refractivity contribution in [2.24, 2.45) is 27.1 Å². The molecular formula is C113H122FN19O9S4. The third-order valence-electron chi connectivity index (χ3n) is 31.1. The zero-order valence-corrected chi connectivity index (χ0v) is 86.5. The van der Waals surface area contributed by atoms with Crippen molar-refractivity contribution in [2.45, 2.75) is 161 Å². The predicted molar refractivity (Wildman–Crippen MR) is 578 cm³/mol. The number of carbonyl (C=O) groups is 8. The van der Waals surface area contributed by atoms with Gasteiger partial charge in [0.15, 0.2) is 0 Å². The predicted octanol–water partition coefficient (Wildman–Crippen LogP) is 20.1. The van der Waals surface area contributed by atoms with Crippen LogP contribution in [0.4, 0.5) is 28.2 Å². The highest BCUT2D eigenvalue weighted by Gasteiger charge is 2.55. The number of likely N-dealkylation sites (tertiary alicyclic amines) is 4. The minimum absolute atomic E-state index is 0.000520. The van der Waals surface area contributed by atoms with Gasteiger partial charge in [-0.3, -0.25) is 64.5 Å². The number of ether oxygens (including phenoxy) is 1. The Kier molecular flexibility index (Phi) is 28.8. The Labute approximate surface area is 865 Å². The number of nitrogens with zero attached hydrogens (tertiary/aromatic N) is 14. The Bertz CT molecular complexity index is 7320. The third kappa shape index (κ3) is 20.9. The second kappa shape index (κ2) is 41.6. The Morgan fingerprint density at radius 1 is 0.473 bits per heavy atom. The molecule has 1 unspecified atom stereocenters. The zero-order valence-electron chi connectivity index (χ0n) is 83.2. The average Bonchev–Trinajstić information content (AvgIpc) is 1.52. The number of hydrogen-bond donors (Lipinski definition) is 5. The van der Waals surface area contributed by atoms with Gasteiger partial charge in [-0.1, -0.05) is 108 Å². The van der Waals surface area contributed by atoms with E-state index < -0.39 is 6.17 Å². The summed E-state index contributed by atoms with van der Waals surface area (Å²) >= 11 is 5.21. The molecule has 28 nitrogen and oxygen atoms in total. The fourth-order valence-electron chi connectivity index (χ4n) is 22.7. The number of halogens is 1. The number of alkyl halides is 1. The summed E-state index contributed by atoms with van der Waals surface area (Å²) < 4.78 is 27.9. The fourth-order valence-corrected chi connectivity index (χ4v) is 25.8. The van der Waals surface area contributed by atoms with Crippen molar-refractivity contribution in [2.75, 3.05) is 107 Å². The minimum atomic E-state index is -1.11. The normalized spacial score (nSPS) is 22.7. The lowest BCUT2D eigenvalue weighted by Crippen LogP contribution is -2.42. The number of imidazole rings is 4. The van der Waals surface area contributed by atoms with Crippen molar-refractivity contribution in [3.8, 4) is 24.7 Å². The first-order valence-corrected chi connectivity index (χ1v) is 53.2. The van der Waals surface area contributed by atoms with E-state index in [9.17, 15) is 42.7 Å². The van der Waals surface area contributed by atoms with Gasteiger partial charge in [0.25, 0.3) is 23.6 Å². The maximum absolute atomic E-state index is 13.8. The maximum atomic E-state index is 13.8. The molecule has 754 valence electrons. The molecule has 9 fully saturated rings. The van der Waals surface area contributed by atoms with Gasteiger partial charge >= 0.3 is 0 Å². The monoisotopic (exact) mass is 2040 g/mol. The molecule has 6 aliphatic heterocycles. The van der Waals surface area contributed by atoms with Crippen molar-refractivity contribution >= 4 is 166 Å². The number of hydrogen-bond acceptors (Lipinski definition) is 20. The Hall–Kier alpha value is -13.8. The summed E-state index contributed by atoms with van der Waals surface area (Å²) in [6.07, 6.45) is 32.9. The number of rotatable bonds is 23. The number of anilines is 4. The van der Waals surface area contributed by atoms with E-state index >= 15 is 0 Å². The van der Waals surface area contributed by atoms with Gasteiger partial charge in [-0.25, -0.2) is 24.3 Å². The van der Waals surface area contributed by atoms with E-state index in [1.54, 1.807) is 36.4 Å². The molecule has 8 aromatic heterocycles. The first kappa shape index (κ1) is 101. The number of fused-ring (bicyclic) bond motifs is 4. The number of amides is 8. The van der Waals surface area contributed by atoms with Crippen molar-refractivity contribution in [1.82, 2.24) is 72.9 Å². The van der Waals surface area contributed by atoms with Gasteiger partial charge in [-0.05, 0) is 257 Å². The number of allylic oxidation sites excluding steroid dienone is 3. The second-order valence-corrected chi connectivity index (χ2v) is 46.1. The van der Waals surface area contributed by atoms with E-state index in [4.69, 9.17) is 37.5 Å². The maximum Gasteiger partial charge on any atom is 0.268 e. The van der Waals surface area contributed by atoms with Crippen LogP contribution in [0, 0.1) is 51.8 Å². The van der Waals surface area contributed by atoms with Gasteiger partial charge in [0.05, 0.1) is 86.6 Å². The highest BCUT2D eigenvalue weighted by Crippen LogP contribution is 2.60. The number of likely N-dealkylation sites (N-methyl/N-ethyl adjacent to an activating group) is 1. The zero-order chi connectivity index (χ0) is 102. The molecule has 4 saturated carbocycles. The van der Waals surface area contributed by atoms with Crippen LogP contribution in [0.5, 0.6) is 0 Å². The van der Waals surface area contributed by atoms with E-state index in [1.165, 1.54) is 82.1 Å². The fraction of sp³-hybridized carbons (Fsp3) is 0.381. The summed E-state index contributed by atoms with van der Waals surface area (Å²) in [5, 5.41) is 15.8. The smallest absolute Gasteiger partial charge is 0.268 e. The van der Waals surface area contributed by atoms with Crippen LogP contribution in [-0.4, -0.2) is 207 Å². The number of thiophene rings is 4. The van der Waals surface area contributed by atoms with Crippen LogP contribution in [0.15, 0.2) is 215 Å². The van der Waals surface area contributed by atoms with Crippen molar-refractivity contribution < 1.29 is 47.5 Å². The molecule has 5 saturated heterocycles. The minimum Gasteiger partial charge on any atom is -0.379 e. The molecule has 2 atom stereocenters. The molecule has 146 heavy (non-hydrogen) atoms. The Morgan fingerprint density at radius 3 is 1.21 bits per heavy atom. The number of morpholine rings is 1. The number of para-hydroxylation sites is 4. The summed E-state index contributed by atoms with van der Waals surface area (Å²) in [6.45, 7) is 39.9. The topological polar surface area (TPSA) is 297 Å². The SMILES string of the molecule is C#Cc1ccc(C(=O)Nc2nc3cc(CN[C@@H](C)C(C)(C)C)ccc3n2C2CC3(CCN(C(=O)C=C)C3)C2)s1.C#Cc1ccc(C(=O)Nc2nc3ccccc3n2C2CC3(CCN(C(=O)C=C)C3)C2)s1.C=CC(=O)N1CCC2(CC(n3c(NC(=O)c4ccc(C(C)F)s4)nc4cc(CN5CCOCC5)ccc43)C2)C1.C=CC(=O)N1CCC2(CC(n3c(NC(=O)c4ccc(C5=CN(C)C(=C)C=C5)s4)nc4ccccc43)C2)C1. The molecule has 22 rings (SSSR count). The lowest BCUT2D eigenvalue weighted by atomic mass is 9.64. The summed E-state index contributed by atoms with van der Waals surface area (Å²) in [7, 11) is 1.96. The first-order valence-electron chi connectivity index (χ1n) is 49.9. The average molecular weight is 2040 g/mol. The highest BCUT2D eigenvalue weighted by molar-refractivity contribution is 7.16. The number of nitrogens with one attached hydrogen (secondary N) is 5. The molecule has 14 heterocycles. The van der Waals surface area contributed by atoms with Gasteiger partial charge in [0, 0.05) is 143 Å². The molecule has 4 aliphatic carbocycles. The Balaban J connectivity index is 0.000000123. The van der Waals surface area contributed by atoms with E-state index in [0.717, 1.165) is 244 Å². The van der Waals surface area contributed by atoms with Gasteiger partial charge in [0.2, 0.25) is 47.4 Å².